The number of likely N-dealkylation sites (tertiary alicyclic amines) is 1. The number of carbonyl (C=O) groups excluding carboxylic acids is 3. The number of rotatable bonds is 19. The summed E-state index contributed by atoms with van der Waals surface area (Å²) >= 11 is 1.31. The van der Waals surface area contributed by atoms with E-state index in [9.17, 15) is 24.3 Å². The largest absolute Gasteiger partial charge is 0.481 e. The number of hydrogen-bond donors (Lipinski definition) is 3. The number of carbonyl (C=O) groups is 4. The third-order valence-corrected chi connectivity index (χ3v) is 10.6. The summed E-state index contributed by atoms with van der Waals surface area (Å²) in [5.74, 6) is -2.34. The Bertz CT molecular complexity index is 1390. The molecule has 2 aromatic rings. The summed E-state index contributed by atoms with van der Waals surface area (Å²) < 4.78 is 11.7. The number of carboxylic acids is 1. The van der Waals surface area contributed by atoms with Crippen LogP contribution in [0, 0.1) is 11.8 Å². The fourth-order valence-electron chi connectivity index (χ4n) is 6.51. The first-order valence-electron chi connectivity index (χ1n) is 17.7. The van der Waals surface area contributed by atoms with E-state index in [0.29, 0.717) is 24.5 Å². The van der Waals surface area contributed by atoms with Gasteiger partial charge in [0, 0.05) is 44.6 Å². The van der Waals surface area contributed by atoms with Crippen molar-refractivity contribution in [3.63, 3.8) is 0 Å². The topological polar surface area (TPSA) is 150 Å². The third kappa shape index (κ3) is 11.6. The van der Waals surface area contributed by atoms with Crippen molar-refractivity contribution in [2.75, 3.05) is 34.4 Å². The van der Waals surface area contributed by atoms with Crippen LogP contribution in [0.3, 0.4) is 0 Å². The zero-order valence-corrected chi connectivity index (χ0v) is 31.7. The highest BCUT2D eigenvalue weighted by atomic mass is 32.1. The van der Waals surface area contributed by atoms with Gasteiger partial charge in [0.25, 0.3) is 5.91 Å². The molecule has 1 aliphatic heterocycles. The molecule has 0 unspecified atom stereocenters. The maximum atomic E-state index is 14.1. The van der Waals surface area contributed by atoms with Crippen LogP contribution < -0.4 is 10.6 Å². The molecule has 3 amide bonds. The van der Waals surface area contributed by atoms with Crippen molar-refractivity contribution in [2.24, 2.45) is 11.8 Å². The van der Waals surface area contributed by atoms with Crippen LogP contribution >= 0.6 is 11.3 Å². The maximum absolute atomic E-state index is 14.1. The zero-order chi connectivity index (χ0) is 37.0. The van der Waals surface area contributed by atoms with E-state index in [2.05, 4.69) is 15.6 Å². The smallest absolute Gasteiger partial charge is 0.306 e. The number of carboxylic acid groups (broad SMARTS) is 1. The van der Waals surface area contributed by atoms with Crippen molar-refractivity contribution >= 4 is 35.0 Å². The molecule has 2 heterocycles. The summed E-state index contributed by atoms with van der Waals surface area (Å²) in [6.45, 7) is 10.6. The standard InChI is InChI=1S/C37H57N5O7S/c1-9-49-31(35-39-28(22-50-35)33(43)38-27(19-24(4)37(46)47)20-26-15-11-10-12-16-26)21-30(23(2)3)42(7)36(45)32(25(5)48-8)40-34(44)29-17-13-14-18-41(29)6/h10-12,15-16,22-25,27,29-32H,9,13-14,17-21H2,1-8H3,(H,38,43)(H,40,44)(H,46,47)/t24-,25+,27+,29+,30+,31+,32-/m0/s1. The van der Waals surface area contributed by atoms with E-state index in [1.807, 2.05) is 63.1 Å². The van der Waals surface area contributed by atoms with E-state index in [0.717, 1.165) is 31.4 Å². The van der Waals surface area contributed by atoms with Gasteiger partial charge >= 0.3 is 5.97 Å². The fraction of sp³-hybridized carbons (Fsp3) is 0.649. The monoisotopic (exact) mass is 715 g/mol. The first-order chi connectivity index (χ1) is 23.8. The molecule has 1 aromatic carbocycles. The van der Waals surface area contributed by atoms with E-state index in [4.69, 9.17) is 9.47 Å². The Morgan fingerprint density at radius 2 is 1.78 bits per heavy atom. The van der Waals surface area contributed by atoms with Crippen molar-refractivity contribution in [1.29, 1.82) is 0 Å². The predicted octanol–water partition coefficient (Wildman–Crippen LogP) is 4.55. The Morgan fingerprint density at radius 3 is 2.38 bits per heavy atom. The molecular formula is C37H57N5O7S. The molecule has 3 N–H and O–H groups in total. The minimum atomic E-state index is -0.918. The number of benzene rings is 1. The minimum Gasteiger partial charge on any atom is -0.481 e. The Hall–Kier alpha value is -3.39. The Balaban J connectivity index is 1.77. The molecule has 12 nitrogen and oxygen atoms in total. The van der Waals surface area contributed by atoms with E-state index >= 15 is 0 Å². The molecule has 1 aliphatic rings. The highest BCUT2D eigenvalue weighted by molar-refractivity contribution is 7.09. The van der Waals surface area contributed by atoms with E-state index in [1.165, 1.54) is 18.4 Å². The van der Waals surface area contributed by atoms with Crippen LogP contribution in [-0.4, -0.2) is 108 Å². The number of amides is 3. The molecule has 7 atom stereocenters. The first-order valence-corrected chi connectivity index (χ1v) is 18.6. The van der Waals surface area contributed by atoms with Gasteiger partial charge in [0.2, 0.25) is 11.8 Å². The number of thiazole rings is 1. The van der Waals surface area contributed by atoms with Crippen molar-refractivity contribution in [1.82, 2.24) is 25.4 Å². The molecule has 13 heteroatoms. The Morgan fingerprint density at radius 1 is 1.08 bits per heavy atom. The van der Waals surface area contributed by atoms with Gasteiger partial charge in [-0.2, -0.15) is 0 Å². The number of piperidine rings is 1. The molecule has 3 rings (SSSR count). The fourth-order valence-corrected chi connectivity index (χ4v) is 7.37. The quantitative estimate of drug-likeness (QED) is 0.190. The SMILES string of the molecule is CCO[C@H](C[C@H](C(C)C)N(C)C(=O)[C@@H](NC(=O)[C@H]1CCCCN1C)[C@@H](C)OC)c1nc(C(=O)N[C@@H](Cc2ccccc2)C[C@H](C)C(=O)O)cs1. The number of nitrogens with one attached hydrogen (secondary N) is 2. The van der Waals surface area contributed by atoms with Crippen LogP contribution in [0.2, 0.25) is 0 Å². The highest BCUT2D eigenvalue weighted by Crippen LogP contribution is 2.31. The van der Waals surface area contributed by atoms with Gasteiger partial charge in [-0.1, -0.05) is 57.5 Å². The van der Waals surface area contributed by atoms with Crippen molar-refractivity contribution in [3.8, 4) is 0 Å². The first kappa shape index (κ1) is 41.0. The molecule has 1 saturated heterocycles. The van der Waals surface area contributed by atoms with Gasteiger partial charge in [-0.05, 0) is 64.6 Å². The third-order valence-electron chi connectivity index (χ3n) is 9.67. The lowest BCUT2D eigenvalue weighted by molar-refractivity contribution is -0.143. The molecular weight excluding hydrogens is 659 g/mol. The number of likely N-dealkylation sites (N-methyl/N-ethyl adjacent to an activating group) is 2. The van der Waals surface area contributed by atoms with Crippen molar-refractivity contribution < 1.29 is 33.8 Å². The lowest BCUT2D eigenvalue weighted by Gasteiger charge is -2.38. The summed E-state index contributed by atoms with van der Waals surface area (Å²) in [4.78, 5) is 60.9. The lowest BCUT2D eigenvalue weighted by atomic mass is 9.95. The number of methoxy groups -OCH3 is 1. The van der Waals surface area contributed by atoms with Crippen molar-refractivity contribution in [3.05, 3.63) is 52.0 Å². The van der Waals surface area contributed by atoms with E-state index < -0.39 is 36.2 Å². The zero-order valence-electron chi connectivity index (χ0n) is 30.9. The molecule has 1 aromatic heterocycles. The van der Waals surface area contributed by atoms with Crippen LogP contribution in [-0.2, 0) is 30.3 Å². The minimum absolute atomic E-state index is 0.0308. The van der Waals surface area contributed by atoms with E-state index in [-0.39, 0.29) is 47.8 Å². The second kappa shape index (κ2) is 19.9. The number of aromatic nitrogens is 1. The second-order valence-corrected chi connectivity index (χ2v) is 14.7. The number of ether oxygens (including phenoxy) is 2. The maximum Gasteiger partial charge on any atom is 0.306 e. The number of aliphatic carboxylic acids is 1. The van der Waals surface area contributed by atoms with Crippen molar-refractivity contribution in [2.45, 2.75) is 110 Å². The van der Waals surface area contributed by atoms with Gasteiger partial charge in [0.1, 0.15) is 22.8 Å². The molecule has 1 fully saturated rings. The summed E-state index contributed by atoms with van der Waals surface area (Å²) in [6.07, 6.45) is 2.88. The van der Waals surface area contributed by atoms with Crippen LogP contribution in [0.5, 0.6) is 0 Å². The molecule has 0 bridgehead atoms. The van der Waals surface area contributed by atoms with Gasteiger partial charge in [-0.3, -0.25) is 24.1 Å². The predicted molar refractivity (Wildman–Crippen MR) is 194 cm³/mol. The summed E-state index contributed by atoms with van der Waals surface area (Å²) in [7, 11) is 5.21. The van der Waals surface area contributed by atoms with Gasteiger partial charge in [0.05, 0.1) is 18.1 Å². The summed E-state index contributed by atoms with van der Waals surface area (Å²) in [6, 6.07) is 7.78. The lowest BCUT2D eigenvalue weighted by Crippen LogP contribution is -2.59. The average Bonchev–Trinajstić information content (AvgIpc) is 3.59. The van der Waals surface area contributed by atoms with Crippen LogP contribution in [0.1, 0.15) is 93.9 Å². The van der Waals surface area contributed by atoms with Gasteiger partial charge in [-0.25, -0.2) is 4.98 Å². The molecule has 0 radical (unpaired) electrons. The number of nitrogens with zero attached hydrogens (tertiary/aromatic N) is 3. The van der Waals surface area contributed by atoms with Gasteiger partial charge in [-0.15, -0.1) is 11.3 Å². The van der Waals surface area contributed by atoms with Gasteiger partial charge < -0.3 is 30.1 Å². The Labute approximate surface area is 301 Å². The van der Waals surface area contributed by atoms with E-state index in [1.54, 1.807) is 31.2 Å². The highest BCUT2D eigenvalue weighted by Gasteiger charge is 2.37. The molecule has 278 valence electrons. The molecule has 0 spiro atoms. The van der Waals surface area contributed by atoms with Crippen LogP contribution in [0.25, 0.3) is 0 Å². The number of hydrogen-bond acceptors (Lipinski definition) is 9. The Kier molecular flexibility index (Phi) is 16.3. The molecule has 0 aliphatic carbocycles. The molecule has 50 heavy (non-hydrogen) atoms. The normalized spacial score (nSPS) is 18.8. The summed E-state index contributed by atoms with van der Waals surface area (Å²) in [5, 5.41) is 17.8. The molecule has 0 saturated carbocycles. The van der Waals surface area contributed by atoms with Crippen LogP contribution in [0.4, 0.5) is 0 Å². The second-order valence-electron chi connectivity index (χ2n) is 13.8. The van der Waals surface area contributed by atoms with Gasteiger partial charge in [0.15, 0.2) is 0 Å². The average molecular weight is 716 g/mol. The van der Waals surface area contributed by atoms with Crippen LogP contribution in [0.15, 0.2) is 35.7 Å². The summed E-state index contributed by atoms with van der Waals surface area (Å²) in [5.41, 5.74) is 1.22.